The van der Waals surface area contributed by atoms with Gasteiger partial charge in [-0.1, -0.05) is 41.9 Å². The van der Waals surface area contributed by atoms with Crippen LogP contribution in [0.2, 0.25) is 8.67 Å². The highest BCUT2D eigenvalue weighted by Crippen LogP contribution is 2.35. The molecule has 2 N–H and O–H groups in total. The van der Waals surface area contributed by atoms with Gasteiger partial charge in [-0.25, -0.2) is 0 Å². The second-order valence-corrected chi connectivity index (χ2v) is 7.96. The van der Waals surface area contributed by atoms with Gasteiger partial charge in [-0.3, -0.25) is 14.6 Å². The average Bonchev–Trinajstić information content (AvgIpc) is 2.83. The number of halogens is 2. The van der Waals surface area contributed by atoms with E-state index in [1.807, 2.05) is 13.8 Å². The van der Waals surface area contributed by atoms with Crippen molar-refractivity contribution in [3.63, 3.8) is 0 Å². The SMILES string of the molecule is CCC(C)NC(=O)CSc1nnc(-c2cc(Cl)sc2Cl)c(=O)[nH]1. The van der Waals surface area contributed by atoms with Crippen LogP contribution >= 0.6 is 46.3 Å². The zero-order valence-electron chi connectivity index (χ0n) is 12.4. The first-order valence-corrected chi connectivity index (χ1v) is 9.30. The summed E-state index contributed by atoms with van der Waals surface area (Å²) in [6, 6.07) is 1.68. The lowest BCUT2D eigenvalue weighted by molar-refractivity contribution is -0.119. The number of nitrogens with zero attached hydrogens (tertiary/aromatic N) is 2. The number of thiophene rings is 1. The first kappa shape index (κ1) is 18.3. The summed E-state index contributed by atoms with van der Waals surface area (Å²) < 4.78 is 0.842. The maximum Gasteiger partial charge on any atom is 0.278 e. The highest BCUT2D eigenvalue weighted by molar-refractivity contribution is 7.99. The third kappa shape index (κ3) is 4.94. The smallest absolute Gasteiger partial charge is 0.278 e. The number of amides is 1. The Bertz CT molecular complexity index is 763. The van der Waals surface area contributed by atoms with E-state index < -0.39 is 5.56 Å². The molecule has 0 saturated carbocycles. The molecular weight excluding hydrogens is 379 g/mol. The molecule has 0 radical (unpaired) electrons. The van der Waals surface area contributed by atoms with Crippen molar-refractivity contribution in [1.82, 2.24) is 20.5 Å². The Kier molecular flexibility index (Phi) is 6.46. The zero-order valence-corrected chi connectivity index (χ0v) is 15.5. The summed E-state index contributed by atoms with van der Waals surface area (Å²) in [5, 5.41) is 10.9. The fraction of sp³-hybridized carbons (Fsp3) is 0.385. The van der Waals surface area contributed by atoms with Gasteiger partial charge < -0.3 is 5.32 Å². The molecule has 0 bridgehead atoms. The van der Waals surface area contributed by atoms with E-state index in [4.69, 9.17) is 23.2 Å². The van der Waals surface area contributed by atoms with Gasteiger partial charge in [-0.2, -0.15) is 0 Å². The summed E-state index contributed by atoms with van der Waals surface area (Å²) in [6.07, 6.45) is 0.853. The van der Waals surface area contributed by atoms with Gasteiger partial charge in [-0.15, -0.1) is 21.5 Å². The van der Waals surface area contributed by atoms with Crippen LogP contribution in [0.3, 0.4) is 0 Å². The molecule has 0 spiro atoms. The van der Waals surface area contributed by atoms with Gasteiger partial charge in [0.2, 0.25) is 5.91 Å². The van der Waals surface area contributed by atoms with E-state index in [9.17, 15) is 9.59 Å². The van der Waals surface area contributed by atoms with Gasteiger partial charge >= 0.3 is 0 Å². The van der Waals surface area contributed by atoms with Crippen molar-refractivity contribution in [2.45, 2.75) is 31.5 Å². The van der Waals surface area contributed by atoms with Crippen LogP contribution in [0.25, 0.3) is 11.3 Å². The highest BCUT2D eigenvalue weighted by Gasteiger charge is 2.15. The molecule has 1 unspecified atom stereocenters. The second kappa shape index (κ2) is 8.14. The molecule has 0 aliphatic heterocycles. The van der Waals surface area contributed by atoms with Gasteiger partial charge in [0.15, 0.2) is 10.9 Å². The van der Waals surface area contributed by atoms with Crippen LogP contribution in [0, 0.1) is 0 Å². The van der Waals surface area contributed by atoms with Gasteiger partial charge in [0.1, 0.15) is 4.34 Å². The molecule has 0 aliphatic rings. The number of hydrogen-bond donors (Lipinski definition) is 2. The number of aromatic amines is 1. The molecule has 2 rings (SSSR count). The molecular formula is C13H14Cl2N4O2S2. The number of nitrogens with one attached hydrogen (secondary N) is 2. The average molecular weight is 393 g/mol. The number of thioether (sulfide) groups is 1. The number of rotatable bonds is 6. The van der Waals surface area contributed by atoms with E-state index in [2.05, 4.69) is 20.5 Å². The standard InChI is InChI=1S/C13H14Cl2N4O2S2/c1-3-6(2)16-9(20)5-22-13-17-12(21)10(18-19-13)7-4-8(14)23-11(7)15/h4,6H,3,5H2,1-2H3,(H,16,20)(H,17,19,21). The Hall–Kier alpha value is -1.09. The van der Waals surface area contributed by atoms with Crippen molar-refractivity contribution < 1.29 is 4.79 Å². The van der Waals surface area contributed by atoms with Crippen molar-refractivity contribution >= 4 is 52.2 Å². The largest absolute Gasteiger partial charge is 0.353 e. The molecule has 0 fully saturated rings. The Balaban J connectivity index is 2.07. The molecule has 2 heterocycles. The van der Waals surface area contributed by atoms with Crippen molar-refractivity contribution in [3.05, 3.63) is 25.1 Å². The number of carbonyl (C=O) groups is 1. The molecule has 0 saturated heterocycles. The topological polar surface area (TPSA) is 87.7 Å². The van der Waals surface area contributed by atoms with E-state index in [1.54, 1.807) is 6.07 Å². The number of carbonyl (C=O) groups excluding carboxylic acids is 1. The summed E-state index contributed by atoms with van der Waals surface area (Å²) in [5.74, 6) is 0.0306. The maximum atomic E-state index is 12.1. The third-order valence-corrected chi connectivity index (χ3v) is 5.30. The third-order valence-electron chi connectivity index (χ3n) is 2.95. The van der Waals surface area contributed by atoms with E-state index >= 15 is 0 Å². The molecule has 2 aromatic rings. The first-order chi connectivity index (χ1) is 10.9. The summed E-state index contributed by atoms with van der Waals surface area (Å²) in [7, 11) is 0. The molecule has 124 valence electrons. The van der Waals surface area contributed by atoms with Crippen molar-refractivity contribution in [3.8, 4) is 11.3 Å². The number of H-pyrrole nitrogens is 1. The monoisotopic (exact) mass is 392 g/mol. The van der Waals surface area contributed by atoms with Crippen molar-refractivity contribution in [1.29, 1.82) is 0 Å². The van der Waals surface area contributed by atoms with Crippen LogP contribution in [0.15, 0.2) is 16.0 Å². The lowest BCUT2D eigenvalue weighted by atomic mass is 10.2. The molecule has 10 heteroatoms. The maximum absolute atomic E-state index is 12.1. The first-order valence-electron chi connectivity index (χ1n) is 6.75. The summed E-state index contributed by atoms with van der Waals surface area (Å²) in [5.41, 5.74) is 0.120. The van der Waals surface area contributed by atoms with Crippen LogP contribution < -0.4 is 10.9 Å². The fourth-order valence-electron chi connectivity index (χ4n) is 1.62. The van der Waals surface area contributed by atoms with Crippen LogP contribution in [0.1, 0.15) is 20.3 Å². The number of aromatic nitrogens is 3. The summed E-state index contributed by atoms with van der Waals surface area (Å²) >= 11 is 14.1. The quantitative estimate of drug-likeness (QED) is 0.736. The van der Waals surface area contributed by atoms with E-state index in [-0.39, 0.29) is 28.6 Å². The highest BCUT2D eigenvalue weighted by atomic mass is 35.5. The minimum atomic E-state index is -0.429. The normalized spacial score (nSPS) is 12.2. The molecule has 0 aliphatic carbocycles. The van der Waals surface area contributed by atoms with E-state index in [0.29, 0.717) is 14.2 Å². The minimum absolute atomic E-state index is 0.103. The van der Waals surface area contributed by atoms with Crippen LogP contribution in [0.5, 0.6) is 0 Å². The Morgan fingerprint density at radius 2 is 2.22 bits per heavy atom. The van der Waals surface area contributed by atoms with Gasteiger partial charge in [-0.05, 0) is 19.4 Å². The lowest BCUT2D eigenvalue weighted by Crippen LogP contribution is -2.33. The van der Waals surface area contributed by atoms with Crippen LogP contribution in [-0.2, 0) is 4.79 Å². The van der Waals surface area contributed by atoms with Crippen LogP contribution in [0.4, 0.5) is 0 Å². The van der Waals surface area contributed by atoms with Crippen LogP contribution in [-0.4, -0.2) is 32.9 Å². The summed E-state index contributed by atoms with van der Waals surface area (Å²) in [4.78, 5) is 26.4. The van der Waals surface area contributed by atoms with Crippen molar-refractivity contribution in [2.75, 3.05) is 5.75 Å². The van der Waals surface area contributed by atoms with Crippen molar-refractivity contribution in [2.24, 2.45) is 0 Å². The molecule has 23 heavy (non-hydrogen) atoms. The molecule has 2 aromatic heterocycles. The predicted molar refractivity (Wildman–Crippen MR) is 94.6 cm³/mol. The van der Waals surface area contributed by atoms with Gasteiger partial charge in [0, 0.05) is 11.6 Å². The van der Waals surface area contributed by atoms with E-state index in [0.717, 1.165) is 29.5 Å². The van der Waals surface area contributed by atoms with Gasteiger partial charge in [0.25, 0.3) is 5.56 Å². The second-order valence-electron chi connectivity index (χ2n) is 4.71. The molecule has 6 nitrogen and oxygen atoms in total. The Morgan fingerprint density at radius 1 is 1.48 bits per heavy atom. The number of hydrogen-bond acceptors (Lipinski definition) is 6. The minimum Gasteiger partial charge on any atom is -0.353 e. The molecule has 0 aromatic carbocycles. The lowest BCUT2D eigenvalue weighted by Gasteiger charge is -2.10. The molecule has 1 atom stereocenters. The Morgan fingerprint density at radius 3 is 2.78 bits per heavy atom. The molecule has 1 amide bonds. The Labute approximate surface area is 151 Å². The van der Waals surface area contributed by atoms with Gasteiger partial charge in [0.05, 0.1) is 10.1 Å². The van der Waals surface area contributed by atoms with E-state index in [1.165, 1.54) is 0 Å². The fourth-order valence-corrected chi connectivity index (χ4v) is 3.70. The zero-order chi connectivity index (χ0) is 17.0. The summed E-state index contributed by atoms with van der Waals surface area (Å²) in [6.45, 7) is 3.91. The predicted octanol–water partition coefficient (Wildman–Crippen LogP) is 3.21.